The van der Waals surface area contributed by atoms with Crippen molar-refractivity contribution in [3.05, 3.63) is 39.7 Å². The van der Waals surface area contributed by atoms with E-state index in [4.69, 9.17) is 4.42 Å². The summed E-state index contributed by atoms with van der Waals surface area (Å²) in [6.45, 7) is 1.90. The Kier molecular flexibility index (Phi) is 3.76. The number of aromatic nitrogens is 1. The summed E-state index contributed by atoms with van der Waals surface area (Å²) in [5.41, 5.74) is 0.886. The molecule has 1 N–H and O–H groups in total. The number of hydrogen-bond donors (Lipinski definition) is 1. The molecule has 1 unspecified atom stereocenters. The number of amides is 1. The fourth-order valence-corrected chi connectivity index (χ4v) is 3.29. The number of nitriles is 1. The van der Waals surface area contributed by atoms with Crippen LogP contribution in [0.1, 0.15) is 57.4 Å². The van der Waals surface area contributed by atoms with Gasteiger partial charge in [-0.15, -0.1) is 11.3 Å². The molecular weight excluding hydrogens is 286 g/mol. The zero-order chi connectivity index (χ0) is 14.8. The van der Waals surface area contributed by atoms with E-state index in [0.29, 0.717) is 16.6 Å². The summed E-state index contributed by atoms with van der Waals surface area (Å²) in [6, 6.07) is 4.65. The molecule has 6 heteroatoms. The second-order valence-electron chi connectivity index (χ2n) is 5.13. The maximum Gasteiger partial charge on any atom is 0.264 e. The Bertz CT molecular complexity index is 680. The topological polar surface area (TPSA) is 78.9 Å². The van der Waals surface area contributed by atoms with Gasteiger partial charge in [0.1, 0.15) is 10.6 Å². The average molecular weight is 301 g/mol. The minimum Gasteiger partial charge on any atom is -0.466 e. The molecule has 1 amide bonds. The van der Waals surface area contributed by atoms with Gasteiger partial charge in [-0.3, -0.25) is 4.79 Å². The minimum atomic E-state index is -0.774. The van der Waals surface area contributed by atoms with Crippen LogP contribution in [0.5, 0.6) is 0 Å². The van der Waals surface area contributed by atoms with Gasteiger partial charge in [0.15, 0.2) is 6.04 Å². The van der Waals surface area contributed by atoms with Crippen LogP contribution in [0, 0.1) is 18.3 Å². The molecule has 21 heavy (non-hydrogen) atoms. The molecule has 5 nitrogen and oxygen atoms in total. The van der Waals surface area contributed by atoms with Crippen LogP contribution in [0.25, 0.3) is 0 Å². The van der Waals surface area contributed by atoms with E-state index in [-0.39, 0.29) is 5.91 Å². The lowest BCUT2D eigenvalue weighted by molar-refractivity contribution is 0.0943. The van der Waals surface area contributed by atoms with Gasteiger partial charge in [-0.2, -0.15) is 5.26 Å². The highest BCUT2D eigenvalue weighted by molar-refractivity contribution is 7.13. The summed E-state index contributed by atoms with van der Waals surface area (Å²) < 4.78 is 5.19. The van der Waals surface area contributed by atoms with Crippen molar-refractivity contribution in [3.8, 4) is 6.07 Å². The fourth-order valence-electron chi connectivity index (χ4n) is 2.38. The molecule has 1 saturated carbocycles. The van der Waals surface area contributed by atoms with Gasteiger partial charge in [0.2, 0.25) is 0 Å². The first-order valence-corrected chi connectivity index (χ1v) is 7.72. The number of furan rings is 1. The molecule has 0 bridgehead atoms. The largest absolute Gasteiger partial charge is 0.466 e. The predicted molar refractivity (Wildman–Crippen MR) is 78.0 cm³/mol. The maximum atomic E-state index is 12.5. The van der Waals surface area contributed by atoms with Crippen LogP contribution in [-0.2, 0) is 0 Å². The molecule has 0 saturated heterocycles. The summed E-state index contributed by atoms with van der Waals surface area (Å²) in [7, 11) is 0. The summed E-state index contributed by atoms with van der Waals surface area (Å²) in [4.78, 5) is 17.6. The molecule has 2 aromatic rings. The first-order valence-electron chi connectivity index (χ1n) is 6.90. The van der Waals surface area contributed by atoms with Crippen molar-refractivity contribution >= 4 is 17.2 Å². The molecule has 0 aromatic carbocycles. The van der Waals surface area contributed by atoms with Gasteiger partial charge in [0.25, 0.3) is 5.91 Å². The van der Waals surface area contributed by atoms with E-state index in [1.165, 1.54) is 24.0 Å². The first kappa shape index (κ1) is 13.8. The van der Waals surface area contributed by atoms with E-state index in [2.05, 4.69) is 10.3 Å². The Morgan fingerprint density at radius 3 is 3.00 bits per heavy atom. The van der Waals surface area contributed by atoms with Gasteiger partial charge in [0, 0.05) is 5.92 Å². The molecule has 108 valence electrons. The second-order valence-corrected chi connectivity index (χ2v) is 6.33. The highest BCUT2D eigenvalue weighted by Crippen LogP contribution is 2.39. The van der Waals surface area contributed by atoms with E-state index in [9.17, 15) is 10.1 Å². The van der Waals surface area contributed by atoms with E-state index in [0.717, 1.165) is 23.5 Å². The number of carbonyl (C=O) groups excluding carboxylic acids is 1. The number of aryl methyl sites for hydroxylation is 1. The predicted octanol–water partition coefficient (Wildman–Crippen LogP) is 3.31. The maximum absolute atomic E-state index is 12.5. The van der Waals surface area contributed by atoms with Crippen molar-refractivity contribution in [2.75, 3.05) is 0 Å². The molecule has 1 atom stereocenters. The highest BCUT2D eigenvalue weighted by Gasteiger charge is 2.29. The summed E-state index contributed by atoms with van der Waals surface area (Å²) in [5.74, 6) is 0.586. The van der Waals surface area contributed by atoms with E-state index in [1.807, 2.05) is 13.0 Å². The third-order valence-corrected chi connectivity index (χ3v) is 4.68. The zero-order valence-electron chi connectivity index (χ0n) is 11.6. The fraction of sp³-hybridized carbons (Fsp3) is 0.400. The van der Waals surface area contributed by atoms with Gasteiger partial charge in [-0.25, -0.2) is 4.98 Å². The lowest BCUT2D eigenvalue weighted by Gasteiger charge is -2.24. The van der Waals surface area contributed by atoms with Crippen molar-refractivity contribution in [3.63, 3.8) is 0 Å². The second kappa shape index (κ2) is 5.70. The van der Waals surface area contributed by atoms with Crippen LogP contribution < -0.4 is 5.32 Å². The van der Waals surface area contributed by atoms with Gasteiger partial charge >= 0.3 is 0 Å². The van der Waals surface area contributed by atoms with Crippen molar-refractivity contribution < 1.29 is 9.21 Å². The van der Waals surface area contributed by atoms with E-state index >= 15 is 0 Å². The lowest BCUT2D eigenvalue weighted by Crippen LogP contribution is -2.28. The zero-order valence-corrected chi connectivity index (χ0v) is 12.4. The van der Waals surface area contributed by atoms with Crippen LogP contribution in [0.2, 0.25) is 0 Å². The molecule has 1 aliphatic rings. The SMILES string of the molecule is Cc1nc(C2CCC2)c(C(=O)NC(C#N)c2ccco2)s1. The molecule has 3 rings (SSSR count). The molecule has 0 spiro atoms. The van der Waals surface area contributed by atoms with E-state index < -0.39 is 6.04 Å². The molecule has 2 aromatic heterocycles. The first-order chi connectivity index (χ1) is 10.2. The minimum absolute atomic E-state index is 0.245. The average Bonchev–Trinajstić information content (AvgIpc) is 3.03. The third-order valence-electron chi connectivity index (χ3n) is 3.69. The Morgan fingerprint density at radius 1 is 1.62 bits per heavy atom. The molecule has 1 fully saturated rings. The smallest absolute Gasteiger partial charge is 0.264 e. The quantitative estimate of drug-likeness (QED) is 0.939. The number of thiazole rings is 1. The number of nitrogens with one attached hydrogen (secondary N) is 1. The standard InChI is InChI=1S/C15H15N3O2S/c1-9-17-13(10-4-2-5-10)14(21-9)15(19)18-11(8-16)12-6-3-7-20-12/h3,6-7,10-11H,2,4-5H2,1H3,(H,18,19). The van der Waals surface area contributed by atoms with Crippen molar-refractivity contribution in [1.82, 2.24) is 10.3 Å². The number of carbonyl (C=O) groups is 1. The summed E-state index contributed by atoms with van der Waals surface area (Å²) in [6.07, 6.45) is 4.85. The highest BCUT2D eigenvalue weighted by atomic mass is 32.1. The van der Waals surface area contributed by atoms with E-state index in [1.54, 1.807) is 12.1 Å². The Hall–Kier alpha value is -2.13. The van der Waals surface area contributed by atoms with Gasteiger partial charge in [-0.1, -0.05) is 6.42 Å². The molecule has 1 aliphatic carbocycles. The van der Waals surface area contributed by atoms with Gasteiger partial charge < -0.3 is 9.73 Å². The van der Waals surface area contributed by atoms with Crippen LogP contribution >= 0.6 is 11.3 Å². The van der Waals surface area contributed by atoms with Crippen molar-refractivity contribution in [1.29, 1.82) is 5.26 Å². The van der Waals surface area contributed by atoms with Crippen molar-refractivity contribution in [2.24, 2.45) is 0 Å². The summed E-state index contributed by atoms with van der Waals surface area (Å²) >= 11 is 1.39. The monoisotopic (exact) mass is 301 g/mol. The van der Waals surface area contributed by atoms with Crippen LogP contribution in [-0.4, -0.2) is 10.9 Å². The molecule has 0 radical (unpaired) electrons. The molecule has 0 aliphatic heterocycles. The molecule has 2 heterocycles. The van der Waals surface area contributed by atoms with Crippen LogP contribution in [0.3, 0.4) is 0 Å². The summed E-state index contributed by atoms with van der Waals surface area (Å²) in [5, 5.41) is 12.8. The van der Waals surface area contributed by atoms with Crippen LogP contribution in [0.15, 0.2) is 22.8 Å². The Balaban J connectivity index is 1.80. The van der Waals surface area contributed by atoms with Gasteiger partial charge in [-0.05, 0) is 31.9 Å². The number of rotatable bonds is 4. The normalized spacial score (nSPS) is 16.0. The number of hydrogen-bond acceptors (Lipinski definition) is 5. The van der Waals surface area contributed by atoms with Crippen LogP contribution in [0.4, 0.5) is 0 Å². The Labute approximate surface area is 126 Å². The third kappa shape index (κ3) is 2.69. The number of nitrogens with zero attached hydrogens (tertiary/aromatic N) is 2. The van der Waals surface area contributed by atoms with Crippen molar-refractivity contribution in [2.45, 2.75) is 38.1 Å². The van der Waals surface area contributed by atoms with Gasteiger partial charge in [0.05, 0.1) is 23.0 Å². The lowest BCUT2D eigenvalue weighted by atomic mass is 9.82. The molecular formula is C15H15N3O2S. The Morgan fingerprint density at radius 2 is 2.43 bits per heavy atom.